The normalized spacial score (nSPS) is 13.1. The molecule has 4 rings (SSSR count). The van der Waals surface area contributed by atoms with E-state index in [1.807, 2.05) is 0 Å². The Kier molecular flexibility index (Phi) is 5.97. The van der Waals surface area contributed by atoms with Crippen molar-refractivity contribution in [2.75, 3.05) is 0 Å². The smallest absolute Gasteiger partial charge is 0.202 e. The van der Waals surface area contributed by atoms with E-state index in [1.165, 1.54) is 55.9 Å². The first-order valence-corrected chi connectivity index (χ1v) is 11.7. The van der Waals surface area contributed by atoms with Gasteiger partial charge in [-0.25, -0.2) is 9.13 Å². The van der Waals surface area contributed by atoms with Gasteiger partial charge >= 0.3 is 0 Å². The summed E-state index contributed by atoms with van der Waals surface area (Å²) in [6.07, 6.45) is 4.33. The third-order valence-corrected chi connectivity index (χ3v) is 7.15. The van der Waals surface area contributed by atoms with Crippen molar-refractivity contribution in [1.82, 2.24) is 0 Å². The number of aromatic nitrogens is 2. The molecule has 0 N–H and O–H groups in total. The molecule has 2 nitrogen and oxygen atoms in total. The predicted molar refractivity (Wildman–Crippen MR) is 136 cm³/mol. The quantitative estimate of drug-likeness (QED) is 0.352. The SMILES string of the molecule is Cc1ccc(-c2cc(C)cc(C(C)(c3cccc[n+]3C)c3cc(C)cc[n+]3C)c2C)c(C)c1. The van der Waals surface area contributed by atoms with Crippen LogP contribution in [0.4, 0.5) is 0 Å². The minimum Gasteiger partial charge on any atom is -0.204 e. The van der Waals surface area contributed by atoms with Crippen molar-refractivity contribution in [3.05, 3.63) is 118 Å². The number of hydrogen-bond acceptors (Lipinski definition) is 0. The molecule has 0 saturated carbocycles. The molecule has 0 amide bonds. The van der Waals surface area contributed by atoms with E-state index in [1.54, 1.807) is 0 Å². The molecule has 2 aromatic carbocycles. The largest absolute Gasteiger partial charge is 0.204 e. The summed E-state index contributed by atoms with van der Waals surface area (Å²) >= 11 is 0. The number of pyridine rings is 2. The summed E-state index contributed by atoms with van der Waals surface area (Å²) in [5.41, 5.74) is 12.7. The third-order valence-electron chi connectivity index (χ3n) is 7.15. The lowest BCUT2D eigenvalue weighted by atomic mass is 9.71. The molecule has 0 aliphatic heterocycles. The topological polar surface area (TPSA) is 7.76 Å². The van der Waals surface area contributed by atoms with Crippen LogP contribution in [0.3, 0.4) is 0 Å². The van der Waals surface area contributed by atoms with Crippen molar-refractivity contribution in [2.45, 2.75) is 47.0 Å². The van der Waals surface area contributed by atoms with Gasteiger partial charge in [0.15, 0.2) is 17.8 Å². The lowest BCUT2D eigenvalue weighted by molar-refractivity contribution is -0.696. The van der Waals surface area contributed by atoms with Crippen LogP contribution in [-0.2, 0) is 19.5 Å². The Labute approximate surface area is 199 Å². The average Bonchev–Trinajstić information content (AvgIpc) is 2.77. The van der Waals surface area contributed by atoms with Crippen LogP contribution in [0.1, 0.15) is 51.7 Å². The molecule has 0 radical (unpaired) electrons. The molecule has 1 unspecified atom stereocenters. The van der Waals surface area contributed by atoms with Gasteiger partial charge in [-0.2, -0.15) is 0 Å². The van der Waals surface area contributed by atoms with Crippen molar-refractivity contribution in [2.24, 2.45) is 14.1 Å². The fraction of sp³-hybridized carbons (Fsp3) is 0.290. The molecular formula is C31H36N2+2. The number of nitrogens with zero attached hydrogens (tertiary/aromatic N) is 2. The maximum Gasteiger partial charge on any atom is 0.202 e. The summed E-state index contributed by atoms with van der Waals surface area (Å²) in [6, 6.07) is 22.6. The van der Waals surface area contributed by atoms with Crippen LogP contribution in [0.25, 0.3) is 11.1 Å². The van der Waals surface area contributed by atoms with Crippen molar-refractivity contribution in [3.8, 4) is 11.1 Å². The van der Waals surface area contributed by atoms with Gasteiger partial charge < -0.3 is 0 Å². The van der Waals surface area contributed by atoms with Gasteiger partial charge in [0.1, 0.15) is 14.1 Å². The summed E-state index contributed by atoms with van der Waals surface area (Å²) in [5, 5.41) is 0. The van der Waals surface area contributed by atoms with Gasteiger partial charge in [-0.1, -0.05) is 47.5 Å². The molecule has 4 aromatic rings. The van der Waals surface area contributed by atoms with Crippen molar-refractivity contribution in [1.29, 1.82) is 0 Å². The predicted octanol–water partition coefficient (Wildman–Crippen LogP) is 5.90. The van der Waals surface area contributed by atoms with Gasteiger partial charge in [0, 0.05) is 24.3 Å². The van der Waals surface area contributed by atoms with E-state index in [0.717, 1.165) is 0 Å². The van der Waals surface area contributed by atoms with Crippen molar-refractivity contribution in [3.63, 3.8) is 0 Å². The molecule has 0 bridgehead atoms. The minimum atomic E-state index is -0.333. The van der Waals surface area contributed by atoms with E-state index >= 15 is 0 Å². The average molecular weight is 437 g/mol. The van der Waals surface area contributed by atoms with E-state index in [0.29, 0.717) is 0 Å². The van der Waals surface area contributed by atoms with Gasteiger partial charge in [0.2, 0.25) is 11.4 Å². The van der Waals surface area contributed by atoms with Gasteiger partial charge in [-0.15, -0.1) is 0 Å². The first-order chi connectivity index (χ1) is 15.6. The molecule has 2 heterocycles. The van der Waals surface area contributed by atoms with Gasteiger partial charge in [-0.3, -0.25) is 0 Å². The fourth-order valence-corrected chi connectivity index (χ4v) is 5.40. The first-order valence-electron chi connectivity index (χ1n) is 11.7. The van der Waals surface area contributed by atoms with Crippen LogP contribution in [0.5, 0.6) is 0 Å². The second kappa shape index (κ2) is 8.59. The Morgan fingerprint density at radius 1 is 0.606 bits per heavy atom. The molecule has 2 heteroatoms. The van der Waals surface area contributed by atoms with E-state index < -0.39 is 0 Å². The molecule has 0 aliphatic rings. The molecule has 168 valence electrons. The number of aryl methyl sites for hydroxylation is 6. The van der Waals surface area contributed by atoms with Crippen LogP contribution in [0, 0.1) is 34.6 Å². The van der Waals surface area contributed by atoms with Crippen molar-refractivity contribution >= 4 is 0 Å². The van der Waals surface area contributed by atoms with Crippen LogP contribution < -0.4 is 9.13 Å². The van der Waals surface area contributed by atoms with Gasteiger partial charge in [0.05, 0.1) is 0 Å². The maximum atomic E-state index is 2.39. The zero-order valence-corrected chi connectivity index (χ0v) is 21.3. The maximum absolute atomic E-state index is 2.39. The summed E-state index contributed by atoms with van der Waals surface area (Å²) in [6.45, 7) is 13.5. The van der Waals surface area contributed by atoms with E-state index in [-0.39, 0.29) is 5.41 Å². The highest BCUT2D eigenvalue weighted by Gasteiger charge is 2.45. The summed E-state index contributed by atoms with van der Waals surface area (Å²) in [5.74, 6) is 0. The highest BCUT2D eigenvalue weighted by atomic mass is 15.0. The van der Waals surface area contributed by atoms with Crippen molar-refractivity contribution < 1.29 is 9.13 Å². The molecule has 33 heavy (non-hydrogen) atoms. The summed E-state index contributed by atoms with van der Waals surface area (Å²) in [4.78, 5) is 0. The Morgan fingerprint density at radius 3 is 2.00 bits per heavy atom. The summed E-state index contributed by atoms with van der Waals surface area (Å²) in [7, 11) is 4.31. The Balaban J connectivity index is 2.11. The molecule has 0 aliphatic carbocycles. The first kappa shape index (κ1) is 22.9. The minimum absolute atomic E-state index is 0.333. The summed E-state index contributed by atoms with van der Waals surface area (Å²) < 4.78 is 4.54. The standard InChI is InChI=1S/C31H36N2/c1-21-12-13-26(24(4)17-21)27-18-23(3)19-28(25(27)5)31(6,29-11-9-10-15-32(29)7)30-20-22(2)14-16-33(30)8/h9-20H,1-8H3/q+2. The number of benzene rings is 2. The van der Waals surface area contributed by atoms with Gasteiger partial charge in [-0.05, 0) is 74.9 Å². The van der Waals surface area contributed by atoms with Crippen LogP contribution in [0.15, 0.2) is 73.1 Å². The van der Waals surface area contributed by atoms with Crippen LogP contribution in [0.2, 0.25) is 0 Å². The second-order valence-corrected chi connectivity index (χ2v) is 9.83. The molecule has 2 aromatic heterocycles. The Morgan fingerprint density at radius 2 is 1.30 bits per heavy atom. The van der Waals surface area contributed by atoms with Crippen LogP contribution >= 0.6 is 0 Å². The molecule has 0 spiro atoms. The van der Waals surface area contributed by atoms with Crippen LogP contribution in [-0.4, -0.2) is 0 Å². The number of rotatable bonds is 4. The van der Waals surface area contributed by atoms with E-state index in [4.69, 9.17) is 0 Å². The van der Waals surface area contributed by atoms with E-state index in [2.05, 4.69) is 138 Å². The van der Waals surface area contributed by atoms with Gasteiger partial charge in [0.25, 0.3) is 0 Å². The lowest BCUT2D eigenvalue weighted by Crippen LogP contribution is -2.49. The number of hydrogen-bond donors (Lipinski definition) is 0. The van der Waals surface area contributed by atoms with E-state index in [9.17, 15) is 0 Å². The second-order valence-electron chi connectivity index (χ2n) is 9.83. The molecular weight excluding hydrogens is 400 g/mol. The third kappa shape index (κ3) is 3.99. The highest BCUT2D eigenvalue weighted by molar-refractivity contribution is 5.74. The zero-order chi connectivity index (χ0) is 23.9. The molecule has 1 atom stereocenters. The molecule has 0 saturated heterocycles. The Hall–Kier alpha value is -3.26. The Bertz CT molecular complexity index is 1350. The monoisotopic (exact) mass is 436 g/mol. The lowest BCUT2D eigenvalue weighted by Gasteiger charge is -2.29. The highest BCUT2D eigenvalue weighted by Crippen LogP contribution is 2.41. The zero-order valence-electron chi connectivity index (χ0n) is 21.3. The fourth-order valence-electron chi connectivity index (χ4n) is 5.40. The molecule has 0 fully saturated rings.